The summed E-state index contributed by atoms with van der Waals surface area (Å²) in [5.74, 6) is 0.886. The van der Waals surface area contributed by atoms with Gasteiger partial charge >= 0.3 is 0 Å². The molecular weight excluding hydrogens is 209 g/mol. The molecule has 1 aromatic rings. The lowest BCUT2D eigenvalue weighted by Crippen LogP contribution is -2.14. The normalized spacial score (nSPS) is 19.8. The first-order valence-electron chi connectivity index (χ1n) is 5.45. The van der Waals surface area contributed by atoms with Crippen molar-refractivity contribution < 1.29 is 13.9 Å². The van der Waals surface area contributed by atoms with Gasteiger partial charge in [-0.25, -0.2) is 4.39 Å². The average molecular weight is 225 g/mol. The Labute approximate surface area is 94.6 Å². The van der Waals surface area contributed by atoms with E-state index in [-0.39, 0.29) is 5.82 Å². The van der Waals surface area contributed by atoms with Crippen LogP contribution in [0.3, 0.4) is 0 Å². The number of rotatable bonds is 4. The maximum Gasteiger partial charge on any atom is 0.146 e. The Bertz CT molecular complexity index is 351. The minimum Gasteiger partial charge on any atom is -0.497 e. The molecule has 1 atom stereocenters. The number of hydrogen-bond donors (Lipinski definition) is 1. The quantitative estimate of drug-likeness (QED) is 0.852. The van der Waals surface area contributed by atoms with E-state index in [0.29, 0.717) is 17.4 Å². The number of benzene rings is 1. The van der Waals surface area contributed by atoms with Gasteiger partial charge in [-0.1, -0.05) is 0 Å². The fourth-order valence-corrected chi connectivity index (χ4v) is 1.77. The summed E-state index contributed by atoms with van der Waals surface area (Å²) in [7, 11) is 1.57. The summed E-state index contributed by atoms with van der Waals surface area (Å²) < 4.78 is 23.7. The zero-order chi connectivity index (χ0) is 11.4. The highest BCUT2D eigenvalue weighted by molar-refractivity contribution is 5.49. The van der Waals surface area contributed by atoms with E-state index >= 15 is 0 Å². The molecule has 1 saturated heterocycles. The van der Waals surface area contributed by atoms with Crippen LogP contribution in [0.5, 0.6) is 5.75 Å². The highest BCUT2D eigenvalue weighted by Crippen LogP contribution is 2.22. The standard InChI is InChI=1S/C12H16FNO2/c1-15-10-2-3-11(13)12(6-10)14-7-9-4-5-16-8-9/h2-3,6,9,14H,4-5,7-8H2,1H3. The predicted octanol–water partition coefficient (Wildman–Crippen LogP) is 2.28. The molecule has 1 unspecified atom stereocenters. The first-order valence-corrected chi connectivity index (χ1v) is 5.45. The lowest BCUT2D eigenvalue weighted by atomic mass is 10.1. The summed E-state index contributed by atoms with van der Waals surface area (Å²) in [4.78, 5) is 0. The molecule has 16 heavy (non-hydrogen) atoms. The fourth-order valence-electron chi connectivity index (χ4n) is 1.77. The highest BCUT2D eigenvalue weighted by Gasteiger charge is 2.15. The summed E-state index contributed by atoms with van der Waals surface area (Å²) >= 11 is 0. The van der Waals surface area contributed by atoms with Gasteiger partial charge in [0.1, 0.15) is 11.6 Å². The van der Waals surface area contributed by atoms with E-state index in [1.807, 2.05) is 0 Å². The van der Waals surface area contributed by atoms with Crippen LogP contribution in [-0.2, 0) is 4.74 Å². The number of nitrogens with one attached hydrogen (secondary N) is 1. The van der Waals surface area contributed by atoms with Gasteiger partial charge in [0.25, 0.3) is 0 Å². The average Bonchev–Trinajstić information content (AvgIpc) is 2.81. The molecule has 0 spiro atoms. The Balaban J connectivity index is 1.96. The van der Waals surface area contributed by atoms with Crippen molar-refractivity contribution in [1.29, 1.82) is 0 Å². The first-order chi connectivity index (χ1) is 7.79. The van der Waals surface area contributed by atoms with Crippen LogP contribution in [-0.4, -0.2) is 26.9 Å². The zero-order valence-corrected chi connectivity index (χ0v) is 9.33. The van der Waals surface area contributed by atoms with Crippen molar-refractivity contribution in [2.75, 3.05) is 32.2 Å². The first kappa shape index (κ1) is 11.2. The smallest absolute Gasteiger partial charge is 0.146 e. The Kier molecular flexibility index (Phi) is 3.62. The summed E-state index contributed by atoms with van der Waals surface area (Å²) in [6.45, 7) is 2.32. The van der Waals surface area contributed by atoms with Gasteiger partial charge in [0.15, 0.2) is 0 Å². The Morgan fingerprint density at radius 1 is 1.56 bits per heavy atom. The molecule has 1 heterocycles. The van der Waals surface area contributed by atoms with E-state index in [9.17, 15) is 4.39 Å². The maximum atomic E-state index is 13.4. The van der Waals surface area contributed by atoms with Crippen LogP contribution < -0.4 is 10.1 Å². The second kappa shape index (κ2) is 5.16. The Hall–Kier alpha value is -1.29. The summed E-state index contributed by atoms with van der Waals surface area (Å²) in [6, 6.07) is 4.69. The van der Waals surface area contributed by atoms with Gasteiger partial charge in [-0.3, -0.25) is 0 Å². The van der Waals surface area contributed by atoms with Crippen molar-refractivity contribution >= 4 is 5.69 Å². The van der Waals surface area contributed by atoms with Gasteiger partial charge in [-0.15, -0.1) is 0 Å². The molecule has 1 fully saturated rings. The fraction of sp³-hybridized carbons (Fsp3) is 0.500. The Morgan fingerprint density at radius 3 is 3.12 bits per heavy atom. The molecule has 2 rings (SSSR count). The zero-order valence-electron chi connectivity index (χ0n) is 9.33. The summed E-state index contributed by atoms with van der Waals surface area (Å²) in [5.41, 5.74) is 0.492. The van der Waals surface area contributed by atoms with Crippen LogP contribution in [0.1, 0.15) is 6.42 Å². The van der Waals surface area contributed by atoms with E-state index in [2.05, 4.69) is 5.32 Å². The molecule has 3 nitrogen and oxygen atoms in total. The van der Waals surface area contributed by atoms with Gasteiger partial charge < -0.3 is 14.8 Å². The molecule has 0 saturated carbocycles. The molecule has 0 amide bonds. The molecule has 4 heteroatoms. The molecule has 1 aliphatic heterocycles. The minimum atomic E-state index is -0.250. The number of methoxy groups -OCH3 is 1. The van der Waals surface area contributed by atoms with E-state index in [1.165, 1.54) is 6.07 Å². The lowest BCUT2D eigenvalue weighted by Gasteiger charge is -2.12. The van der Waals surface area contributed by atoms with E-state index in [1.54, 1.807) is 19.2 Å². The van der Waals surface area contributed by atoms with E-state index in [0.717, 1.165) is 26.2 Å². The number of ether oxygens (including phenoxy) is 2. The third-order valence-corrected chi connectivity index (χ3v) is 2.78. The molecule has 0 bridgehead atoms. The highest BCUT2D eigenvalue weighted by atomic mass is 19.1. The molecular formula is C12H16FNO2. The molecule has 0 aliphatic carbocycles. The van der Waals surface area contributed by atoms with Crippen LogP contribution in [0.15, 0.2) is 18.2 Å². The minimum absolute atomic E-state index is 0.250. The largest absolute Gasteiger partial charge is 0.497 e. The van der Waals surface area contributed by atoms with Gasteiger partial charge in [-0.2, -0.15) is 0 Å². The van der Waals surface area contributed by atoms with Crippen molar-refractivity contribution in [2.24, 2.45) is 5.92 Å². The van der Waals surface area contributed by atoms with Crippen LogP contribution in [0, 0.1) is 11.7 Å². The van der Waals surface area contributed by atoms with Crippen molar-refractivity contribution in [1.82, 2.24) is 0 Å². The van der Waals surface area contributed by atoms with Gasteiger partial charge in [0.05, 0.1) is 19.4 Å². The third kappa shape index (κ3) is 2.64. The van der Waals surface area contributed by atoms with Gasteiger partial charge in [-0.05, 0) is 18.6 Å². The maximum absolute atomic E-state index is 13.4. The van der Waals surface area contributed by atoms with E-state index in [4.69, 9.17) is 9.47 Å². The molecule has 1 aliphatic rings. The molecule has 88 valence electrons. The van der Waals surface area contributed by atoms with Crippen LogP contribution in [0.25, 0.3) is 0 Å². The molecule has 0 radical (unpaired) electrons. The van der Waals surface area contributed by atoms with Crippen molar-refractivity contribution in [3.8, 4) is 5.75 Å². The number of anilines is 1. The molecule has 0 aromatic heterocycles. The summed E-state index contributed by atoms with van der Waals surface area (Å²) in [5, 5.41) is 3.09. The number of hydrogen-bond acceptors (Lipinski definition) is 3. The Morgan fingerprint density at radius 2 is 2.44 bits per heavy atom. The van der Waals surface area contributed by atoms with Crippen molar-refractivity contribution in [2.45, 2.75) is 6.42 Å². The van der Waals surface area contributed by atoms with Crippen molar-refractivity contribution in [3.63, 3.8) is 0 Å². The van der Waals surface area contributed by atoms with Crippen LogP contribution in [0.4, 0.5) is 10.1 Å². The van der Waals surface area contributed by atoms with Crippen molar-refractivity contribution in [3.05, 3.63) is 24.0 Å². The van der Waals surface area contributed by atoms with Gasteiger partial charge in [0.2, 0.25) is 0 Å². The molecule has 1 N–H and O–H groups in total. The molecule has 1 aromatic carbocycles. The van der Waals surface area contributed by atoms with E-state index < -0.39 is 0 Å². The third-order valence-electron chi connectivity index (χ3n) is 2.78. The second-order valence-electron chi connectivity index (χ2n) is 3.96. The number of halogens is 1. The SMILES string of the molecule is COc1ccc(F)c(NCC2CCOC2)c1. The topological polar surface area (TPSA) is 30.5 Å². The monoisotopic (exact) mass is 225 g/mol. The van der Waals surface area contributed by atoms with Crippen LogP contribution >= 0.6 is 0 Å². The second-order valence-corrected chi connectivity index (χ2v) is 3.96. The predicted molar refractivity (Wildman–Crippen MR) is 60.4 cm³/mol. The van der Waals surface area contributed by atoms with Crippen LogP contribution in [0.2, 0.25) is 0 Å². The van der Waals surface area contributed by atoms with Gasteiger partial charge in [0, 0.05) is 25.1 Å². The lowest BCUT2D eigenvalue weighted by molar-refractivity contribution is 0.187. The summed E-state index contributed by atoms with van der Waals surface area (Å²) in [6.07, 6.45) is 1.04.